The van der Waals surface area contributed by atoms with Crippen LogP contribution in [0.4, 0.5) is 19.1 Å². The van der Waals surface area contributed by atoms with Crippen molar-refractivity contribution >= 4 is 23.5 Å². The Kier molecular flexibility index (Phi) is 5.55. The smallest absolute Gasteiger partial charge is 0.406 e. The molecule has 2 aromatic heterocycles. The largest absolute Gasteiger partial charge is 0.573 e. The lowest BCUT2D eigenvalue weighted by atomic mass is 10.2. The van der Waals surface area contributed by atoms with Crippen molar-refractivity contribution in [1.29, 1.82) is 0 Å². The van der Waals surface area contributed by atoms with Crippen LogP contribution in [0.2, 0.25) is 5.02 Å². The van der Waals surface area contributed by atoms with E-state index in [1.807, 2.05) is 0 Å². The second kappa shape index (κ2) is 7.91. The summed E-state index contributed by atoms with van der Waals surface area (Å²) in [6, 6.07) is 3.92. The van der Waals surface area contributed by atoms with E-state index in [1.165, 1.54) is 23.1 Å². The summed E-state index contributed by atoms with van der Waals surface area (Å²) in [6.45, 7) is 1.58. The second-order valence-corrected chi connectivity index (χ2v) is 6.14. The van der Waals surface area contributed by atoms with Crippen LogP contribution in [0.1, 0.15) is 29.1 Å². The number of rotatable bonds is 5. The summed E-state index contributed by atoms with van der Waals surface area (Å²) in [5, 5.41) is 6.47. The highest BCUT2D eigenvalue weighted by Gasteiger charge is 2.31. The summed E-state index contributed by atoms with van der Waals surface area (Å²) in [4.78, 5) is 24.7. The third kappa shape index (κ3) is 5.10. The number of anilines is 1. The molecule has 0 fully saturated rings. The number of nitrogens with two attached hydrogens (primary N) is 1. The molecule has 2 heterocycles. The molecule has 3 N–H and O–H groups in total. The summed E-state index contributed by atoms with van der Waals surface area (Å²) in [7, 11) is 0. The monoisotopic (exact) mass is 427 g/mol. The number of hydrogen-bond donors (Lipinski definition) is 2. The van der Waals surface area contributed by atoms with Crippen LogP contribution in [0.25, 0.3) is 5.95 Å². The molecule has 0 radical (unpaired) electrons. The van der Waals surface area contributed by atoms with Crippen LogP contribution in [0.5, 0.6) is 5.75 Å². The maximum atomic E-state index is 12.5. The Labute approximate surface area is 166 Å². The van der Waals surface area contributed by atoms with E-state index in [0.29, 0.717) is 0 Å². The van der Waals surface area contributed by atoms with E-state index >= 15 is 0 Å². The summed E-state index contributed by atoms with van der Waals surface area (Å²) >= 11 is 5.80. The average molecular weight is 428 g/mol. The molecule has 0 saturated heterocycles. The molecule has 1 amide bonds. The summed E-state index contributed by atoms with van der Waals surface area (Å²) in [5.41, 5.74) is 5.50. The van der Waals surface area contributed by atoms with Crippen LogP contribution in [0, 0.1) is 0 Å². The van der Waals surface area contributed by atoms with E-state index < -0.39 is 24.1 Å². The number of nitrogens with zero attached hydrogens (tertiary/aromatic N) is 5. The molecule has 9 nitrogen and oxygen atoms in total. The SMILES string of the molecule is CC(NC(=O)c1cc(Cl)cc(OC(F)(F)F)c1)c1nc(N)nn1-c1ncccn1. The highest BCUT2D eigenvalue weighted by atomic mass is 35.5. The van der Waals surface area contributed by atoms with Gasteiger partial charge in [-0.1, -0.05) is 11.6 Å². The summed E-state index contributed by atoms with van der Waals surface area (Å²) in [5.74, 6) is -1.01. The van der Waals surface area contributed by atoms with Crippen molar-refractivity contribution in [2.45, 2.75) is 19.3 Å². The van der Waals surface area contributed by atoms with Gasteiger partial charge in [0.25, 0.3) is 11.9 Å². The first-order chi connectivity index (χ1) is 13.6. The van der Waals surface area contributed by atoms with Crippen molar-refractivity contribution in [3.8, 4) is 11.7 Å². The number of aromatic nitrogens is 5. The number of hydrogen-bond acceptors (Lipinski definition) is 7. The minimum absolute atomic E-state index is 0.0721. The van der Waals surface area contributed by atoms with E-state index in [2.05, 4.69) is 30.1 Å². The molecule has 0 saturated carbocycles. The van der Waals surface area contributed by atoms with Gasteiger partial charge in [-0.25, -0.2) is 9.97 Å². The minimum atomic E-state index is -4.92. The number of halogens is 4. The summed E-state index contributed by atoms with van der Waals surface area (Å²) < 4.78 is 42.4. The van der Waals surface area contributed by atoms with Crippen molar-refractivity contribution in [3.05, 3.63) is 53.1 Å². The van der Waals surface area contributed by atoms with E-state index in [-0.39, 0.29) is 28.3 Å². The lowest BCUT2D eigenvalue weighted by Crippen LogP contribution is -2.29. The quantitative estimate of drug-likeness (QED) is 0.642. The van der Waals surface area contributed by atoms with Gasteiger partial charge in [-0.05, 0) is 31.2 Å². The van der Waals surface area contributed by atoms with Gasteiger partial charge in [-0.15, -0.1) is 18.3 Å². The second-order valence-electron chi connectivity index (χ2n) is 5.71. The van der Waals surface area contributed by atoms with Crippen molar-refractivity contribution in [3.63, 3.8) is 0 Å². The molecule has 3 rings (SSSR count). The molecule has 1 atom stereocenters. The topological polar surface area (TPSA) is 121 Å². The van der Waals surface area contributed by atoms with Gasteiger partial charge < -0.3 is 15.8 Å². The highest BCUT2D eigenvalue weighted by molar-refractivity contribution is 6.31. The lowest BCUT2D eigenvalue weighted by molar-refractivity contribution is -0.274. The third-order valence-electron chi connectivity index (χ3n) is 3.49. The molecule has 0 aliphatic heterocycles. The van der Waals surface area contributed by atoms with E-state index in [0.717, 1.165) is 12.1 Å². The number of alkyl halides is 3. The fourth-order valence-corrected chi connectivity index (χ4v) is 2.62. The van der Waals surface area contributed by atoms with Crippen LogP contribution < -0.4 is 15.8 Å². The van der Waals surface area contributed by atoms with Gasteiger partial charge in [0.1, 0.15) is 5.75 Å². The molecule has 1 aromatic carbocycles. The molecule has 0 spiro atoms. The first kappa shape index (κ1) is 20.3. The maximum Gasteiger partial charge on any atom is 0.573 e. The normalized spacial score (nSPS) is 12.4. The van der Waals surface area contributed by atoms with E-state index in [9.17, 15) is 18.0 Å². The molecule has 29 heavy (non-hydrogen) atoms. The number of benzene rings is 1. The molecular weight excluding hydrogens is 415 g/mol. The molecule has 0 aliphatic rings. The Morgan fingerprint density at radius 2 is 1.97 bits per heavy atom. The standard InChI is InChI=1S/C16H13ClF3N7O2/c1-8(12-25-14(21)26-27(12)15-22-3-2-4-23-15)24-13(28)9-5-10(17)7-11(6-9)29-16(18,19)20/h2-8H,1H3,(H2,21,26)(H,24,28). The fourth-order valence-electron chi connectivity index (χ4n) is 2.40. The Hall–Kier alpha value is -3.41. The Bertz CT molecular complexity index is 1030. The van der Waals surface area contributed by atoms with Crippen LogP contribution >= 0.6 is 11.6 Å². The highest BCUT2D eigenvalue weighted by Crippen LogP contribution is 2.27. The van der Waals surface area contributed by atoms with Crippen LogP contribution in [-0.4, -0.2) is 37.0 Å². The number of carbonyl (C=O) groups excluding carboxylic acids is 1. The third-order valence-corrected chi connectivity index (χ3v) is 3.71. The van der Waals surface area contributed by atoms with E-state index in [4.69, 9.17) is 17.3 Å². The molecule has 3 aromatic rings. The first-order valence-electron chi connectivity index (χ1n) is 7.99. The molecular formula is C16H13ClF3N7O2. The Balaban J connectivity index is 1.84. The average Bonchev–Trinajstić information content (AvgIpc) is 3.02. The van der Waals surface area contributed by atoms with Gasteiger partial charge in [0.15, 0.2) is 5.82 Å². The van der Waals surface area contributed by atoms with Crippen molar-refractivity contribution in [2.24, 2.45) is 0 Å². The molecule has 1 unspecified atom stereocenters. The predicted molar refractivity (Wildman–Crippen MR) is 95.4 cm³/mol. The lowest BCUT2D eigenvalue weighted by Gasteiger charge is -2.15. The van der Waals surface area contributed by atoms with Crippen LogP contribution in [0.15, 0.2) is 36.7 Å². The molecule has 0 bridgehead atoms. The molecule has 152 valence electrons. The van der Waals surface area contributed by atoms with Gasteiger partial charge in [0.2, 0.25) is 5.95 Å². The molecule has 0 aliphatic carbocycles. The van der Waals surface area contributed by atoms with Gasteiger partial charge in [-0.3, -0.25) is 4.79 Å². The zero-order chi connectivity index (χ0) is 21.2. The number of nitrogen functional groups attached to an aromatic ring is 1. The predicted octanol–water partition coefficient (Wildman–Crippen LogP) is 2.68. The van der Waals surface area contributed by atoms with Crippen LogP contribution in [0.3, 0.4) is 0 Å². The zero-order valence-corrected chi connectivity index (χ0v) is 15.4. The first-order valence-corrected chi connectivity index (χ1v) is 8.37. The molecule has 13 heteroatoms. The van der Waals surface area contributed by atoms with Crippen molar-refractivity contribution < 1.29 is 22.7 Å². The number of carbonyl (C=O) groups is 1. The number of nitrogens with one attached hydrogen (secondary N) is 1. The fraction of sp³-hybridized carbons (Fsp3) is 0.188. The number of amides is 1. The van der Waals surface area contributed by atoms with Crippen molar-refractivity contribution in [1.82, 2.24) is 30.0 Å². The number of ether oxygens (including phenoxy) is 1. The summed E-state index contributed by atoms with van der Waals surface area (Å²) in [6.07, 6.45) is -1.95. The Morgan fingerprint density at radius 1 is 1.28 bits per heavy atom. The van der Waals surface area contributed by atoms with Gasteiger partial charge in [-0.2, -0.15) is 9.67 Å². The minimum Gasteiger partial charge on any atom is -0.406 e. The zero-order valence-electron chi connectivity index (χ0n) is 14.7. The van der Waals surface area contributed by atoms with Gasteiger partial charge in [0.05, 0.1) is 6.04 Å². The Morgan fingerprint density at radius 3 is 2.62 bits per heavy atom. The van der Waals surface area contributed by atoms with Gasteiger partial charge >= 0.3 is 6.36 Å². The van der Waals surface area contributed by atoms with E-state index in [1.54, 1.807) is 13.0 Å². The van der Waals surface area contributed by atoms with Gasteiger partial charge in [0, 0.05) is 23.0 Å². The van der Waals surface area contributed by atoms with Crippen molar-refractivity contribution in [2.75, 3.05) is 5.73 Å². The van der Waals surface area contributed by atoms with Crippen LogP contribution in [-0.2, 0) is 0 Å². The maximum absolute atomic E-state index is 12.5.